The number of halogens is 1. The topological polar surface area (TPSA) is 96.2 Å². The third-order valence-electron chi connectivity index (χ3n) is 3.94. The van der Waals surface area contributed by atoms with Crippen molar-refractivity contribution in [1.29, 1.82) is 0 Å². The van der Waals surface area contributed by atoms with Gasteiger partial charge < -0.3 is 21.3 Å². The fourth-order valence-corrected chi connectivity index (χ4v) is 2.83. The van der Waals surface area contributed by atoms with Crippen LogP contribution in [0.15, 0.2) is 30.5 Å². The highest BCUT2D eigenvalue weighted by molar-refractivity contribution is 6.31. The molecule has 1 aromatic heterocycles. The number of hydrogen-bond donors (Lipinski definition) is 3. The van der Waals surface area contributed by atoms with Gasteiger partial charge in [-0.2, -0.15) is 4.98 Å². The molecule has 1 aromatic carbocycles. The Morgan fingerprint density at radius 3 is 3.00 bits per heavy atom. The minimum Gasteiger partial charge on any atom is -0.368 e. The van der Waals surface area contributed by atoms with E-state index in [4.69, 9.17) is 17.3 Å². The summed E-state index contributed by atoms with van der Waals surface area (Å²) < 4.78 is 0. The number of benzene rings is 1. The molecule has 1 saturated heterocycles. The Morgan fingerprint density at radius 2 is 2.25 bits per heavy atom. The van der Waals surface area contributed by atoms with Gasteiger partial charge in [-0.05, 0) is 37.1 Å². The molecule has 0 bridgehead atoms. The molecule has 2 amide bonds. The maximum absolute atomic E-state index is 12.1. The molecule has 4 N–H and O–H groups in total. The van der Waals surface area contributed by atoms with E-state index in [0.717, 1.165) is 24.3 Å². The number of nitrogens with zero attached hydrogens (tertiary/aromatic N) is 3. The minimum atomic E-state index is -0.246. The first kappa shape index (κ1) is 16.3. The van der Waals surface area contributed by atoms with Crippen LogP contribution in [-0.4, -0.2) is 35.1 Å². The molecule has 1 fully saturated rings. The molecule has 3 rings (SSSR count). The molecule has 2 aromatic rings. The Labute approximate surface area is 145 Å². The Balaban J connectivity index is 1.55. The molecule has 2 heterocycles. The van der Waals surface area contributed by atoms with Crippen LogP contribution < -0.4 is 21.3 Å². The van der Waals surface area contributed by atoms with E-state index in [2.05, 4.69) is 25.5 Å². The van der Waals surface area contributed by atoms with E-state index in [1.54, 1.807) is 12.3 Å². The maximum atomic E-state index is 12.1. The van der Waals surface area contributed by atoms with Gasteiger partial charge in [-0.3, -0.25) is 0 Å². The summed E-state index contributed by atoms with van der Waals surface area (Å²) in [6.07, 6.45) is 2.47. The smallest absolute Gasteiger partial charge is 0.319 e. The summed E-state index contributed by atoms with van der Waals surface area (Å²) >= 11 is 6.07. The Morgan fingerprint density at radius 1 is 1.42 bits per heavy atom. The molecule has 0 aliphatic carbocycles. The molecule has 1 aliphatic heterocycles. The van der Waals surface area contributed by atoms with Crippen molar-refractivity contribution in [2.24, 2.45) is 0 Å². The number of nitrogen functional groups attached to an aromatic ring is 1. The van der Waals surface area contributed by atoms with Gasteiger partial charge in [-0.15, -0.1) is 0 Å². The van der Waals surface area contributed by atoms with Crippen molar-refractivity contribution in [1.82, 2.24) is 15.3 Å². The van der Waals surface area contributed by atoms with E-state index in [-0.39, 0.29) is 18.0 Å². The fraction of sp³-hybridized carbons (Fsp3) is 0.312. The van der Waals surface area contributed by atoms with Gasteiger partial charge in [0, 0.05) is 36.0 Å². The lowest BCUT2D eigenvalue weighted by molar-refractivity contribution is 0.249. The van der Waals surface area contributed by atoms with Crippen LogP contribution in [0.3, 0.4) is 0 Å². The van der Waals surface area contributed by atoms with Crippen LogP contribution in [-0.2, 0) is 0 Å². The van der Waals surface area contributed by atoms with Crippen LogP contribution in [0.25, 0.3) is 0 Å². The zero-order chi connectivity index (χ0) is 17.1. The predicted octanol–water partition coefficient (Wildman–Crippen LogP) is 2.42. The second kappa shape index (κ2) is 6.92. The van der Waals surface area contributed by atoms with Gasteiger partial charge in [-0.1, -0.05) is 17.7 Å². The third-order valence-corrected chi connectivity index (χ3v) is 4.34. The highest BCUT2D eigenvalue weighted by Gasteiger charge is 2.25. The van der Waals surface area contributed by atoms with E-state index in [0.29, 0.717) is 17.3 Å². The summed E-state index contributed by atoms with van der Waals surface area (Å²) in [7, 11) is 0. The molecule has 1 aliphatic rings. The van der Waals surface area contributed by atoms with Crippen molar-refractivity contribution < 1.29 is 4.79 Å². The van der Waals surface area contributed by atoms with Crippen LogP contribution in [0.2, 0.25) is 5.02 Å². The second-order valence-electron chi connectivity index (χ2n) is 5.77. The summed E-state index contributed by atoms with van der Waals surface area (Å²) in [5.74, 6) is 1.02. The number of hydrogen-bond acceptors (Lipinski definition) is 5. The van der Waals surface area contributed by atoms with Crippen molar-refractivity contribution in [3.05, 3.63) is 41.0 Å². The van der Waals surface area contributed by atoms with Crippen molar-refractivity contribution >= 4 is 35.1 Å². The van der Waals surface area contributed by atoms with E-state index >= 15 is 0 Å². The van der Waals surface area contributed by atoms with Gasteiger partial charge in [-0.25, -0.2) is 9.78 Å². The predicted molar refractivity (Wildman–Crippen MR) is 95.4 cm³/mol. The average molecular weight is 347 g/mol. The Hall–Kier alpha value is -2.54. The first-order valence-corrected chi connectivity index (χ1v) is 8.06. The SMILES string of the molecule is Cc1ccc(NC(=O)NC2CCN(c3ccnc(N)n3)C2)cc1Cl. The monoisotopic (exact) mass is 346 g/mol. The normalized spacial score (nSPS) is 16.9. The molecular formula is C16H19ClN6O. The largest absolute Gasteiger partial charge is 0.368 e. The quantitative estimate of drug-likeness (QED) is 0.793. The number of carbonyl (C=O) groups is 1. The zero-order valence-electron chi connectivity index (χ0n) is 13.3. The van der Waals surface area contributed by atoms with Gasteiger partial charge >= 0.3 is 6.03 Å². The molecule has 0 radical (unpaired) electrons. The number of aryl methyl sites for hydroxylation is 1. The molecule has 1 atom stereocenters. The fourth-order valence-electron chi connectivity index (χ4n) is 2.65. The molecule has 126 valence electrons. The molecule has 8 heteroatoms. The van der Waals surface area contributed by atoms with E-state index in [9.17, 15) is 4.79 Å². The van der Waals surface area contributed by atoms with Crippen molar-refractivity contribution in [3.63, 3.8) is 0 Å². The van der Waals surface area contributed by atoms with Crippen molar-refractivity contribution in [2.45, 2.75) is 19.4 Å². The lowest BCUT2D eigenvalue weighted by atomic mass is 10.2. The molecule has 0 saturated carbocycles. The van der Waals surface area contributed by atoms with E-state index in [1.165, 1.54) is 0 Å². The lowest BCUT2D eigenvalue weighted by Crippen LogP contribution is -2.39. The third kappa shape index (κ3) is 3.86. The first-order valence-electron chi connectivity index (χ1n) is 7.68. The number of amides is 2. The number of rotatable bonds is 3. The summed E-state index contributed by atoms with van der Waals surface area (Å²) in [4.78, 5) is 22.3. The van der Waals surface area contributed by atoms with Gasteiger partial charge in [0.2, 0.25) is 5.95 Å². The number of nitrogens with two attached hydrogens (primary N) is 1. The van der Waals surface area contributed by atoms with Crippen LogP contribution in [0.4, 0.5) is 22.2 Å². The average Bonchev–Trinajstić information content (AvgIpc) is 2.99. The molecular weight excluding hydrogens is 328 g/mol. The van der Waals surface area contributed by atoms with Crippen molar-refractivity contribution in [2.75, 3.05) is 29.0 Å². The zero-order valence-corrected chi connectivity index (χ0v) is 14.0. The van der Waals surface area contributed by atoms with E-state index in [1.807, 2.05) is 25.1 Å². The summed E-state index contributed by atoms with van der Waals surface area (Å²) in [6.45, 7) is 3.40. The van der Waals surface area contributed by atoms with Crippen molar-refractivity contribution in [3.8, 4) is 0 Å². The minimum absolute atomic E-state index is 0.0436. The maximum Gasteiger partial charge on any atom is 0.319 e. The van der Waals surface area contributed by atoms with Gasteiger partial charge in [0.15, 0.2) is 0 Å². The number of nitrogens with one attached hydrogen (secondary N) is 2. The van der Waals surface area contributed by atoms with Gasteiger partial charge in [0.25, 0.3) is 0 Å². The number of anilines is 3. The van der Waals surface area contributed by atoms with Gasteiger partial charge in [0.1, 0.15) is 5.82 Å². The van der Waals surface area contributed by atoms with Crippen LogP contribution >= 0.6 is 11.6 Å². The second-order valence-corrected chi connectivity index (χ2v) is 6.17. The lowest BCUT2D eigenvalue weighted by Gasteiger charge is -2.18. The summed E-state index contributed by atoms with van der Waals surface area (Å²) in [5, 5.41) is 6.39. The van der Waals surface area contributed by atoms with Crippen LogP contribution in [0.5, 0.6) is 0 Å². The first-order chi connectivity index (χ1) is 11.5. The molecule has 24 heavy (non-hydrogen) atoms. The summed E-state index contributed by atoms with van der Waals surface area (Å²) in [6, 6.07) is 7.04. The van der Waals surface area contributed by atoms with Crippen LogP contribution in [0.1, 0.15) is 12.0 Å². The molecule has 1 unspecified atom stereocenters. The highest BCUT2D eigenvalue weighted by atomic mass is 35.5. The molecule has 7 nitrogen and oxygen atoms in total. The van der Waals surface area contributed by atoms with Gasteiger partial charge in [0.05, 0.1) is 0 Å². The Bertz CT molecular complexity index is 753. The van der Waals surface area contributed by atoms with E-state index < -0.39 is 0 Å². The Kier molecular flexibility index (Phi) is 4.71. The summed E-state index contributed by atoms with van der Waals surface area (Å²) in [5.41, 5.74) is 7.25. The standard InChI is InChI=1S/C16H19ClN6O/c1-10-2-3-11(8-13(10)17)20-16(24)21-12-5-7-23(9-12)14-4-6-19-15(18)22-14/h2-4,6,8,12H,5,7,9H2,1H3,(H2,18,19,22)(H2,20,21,24). The molecule has 0 spiro atoms. The van der Waals surface area contributed by atoms with Crippen LogP contribution in [0, 0.1) is 6.92 Å². The number of carbonyl (C=O) groups excluding carboxylic acids is 1. The highest BCUT2D eigenvalue weighted by Crippen LogP contribution is 2.21. The number of urea groups is 1. The number of aromatic nitrogens is 2.